The summed E-state index contributed by atoms with van der Waals surface area (Å²) in [7, 11) is -3.76. The van der Waals surface area contributed by atoms with Crippen molar-refractivity contribution >= 4 is 31.9 Å². The van der Waals surface area contributed by atoms with Gasteiger partial charge in [-0.3, -0.25) is 10.0 Å². The molecule has 0 aliphatic rings. The average molecular weight is 379 g/mol. The van der Waals surface area contributed by atoms with E-state index in [0.29, 0.717) is 6.42 Å². The first kappa shape index (κ1) is 18.1. The molecule has 6 nitrogen and oxygen atoms in total. The van der Waals surface area contributed by atoms with Crippen molar-refractivity contribution in [2.45, 2.75) is 31.1 Å². The number of rotatable bonds is 8. The molecular weight excluding hydrogens is 360 g/mol. The number of unbranched alkanes of at least 4 members (excludes halogenated alkanes) is 2. The van der Waals surface area contributed by atoms with Gasteiger partial charge in [-0.15, -0.1) is 0 Å². The first-order chi connectivity index (χ1) is 9.91. The molecule has 0 saturated carbocycles. The molecule has 8 heteroatoms. The Morgan fingerprint density at radius 1 is 1.29 bits per heavy atom. The highest BCUT2D eigenvalue weighted by atomic mass is 79.9. The third kappa shape index (κ3) is 5.39. The predicted molar refractivity (Wildman–Crippen MR) is 82.4 cm³/mol. The van der Waals surface area contributed by atoms with Crippen molar-refractivity contribution in [2.24, 2.45) is 0 Å². The molecule has 21 heavy (non-hydrogen) atoms. The molecule has 0 fully saturated rings. The molecule has 118 valence electrons. The summed E-state index contributed by atoms with van der Waals surface area (Å²) >= 11 is 3.25. The van der Waals surface area contributed by atoms with Gasteiger partial charge in [-0.2, -0.15) is 4.31 Å². The maximum absolute atomic E-state index is 12.5. The van der Waals surface area contributed by atoms with Crippen molar-refractivity contribution in [3.8, 4) is 0 Å². The number of hydroxylamine groups is 1. The smallest absolute Gasteiger partial charge is 0.258 e. The van der Waals surface area contributed by atoms with Gasteiger partial charge < -0.3 is 0 Å². The van der Waals surface area contributed by atoms with Crippen molar-refractivity contribution in [3.63, 3.8) is 0 Å². The zero-order valence-corrected chi connectivity index (χ0v) is 14.2. The Morgan fingerprint density at radius 2 is 1.90 bits per heavy atom. The minimum absolute atomic E-state index is 0.118. The van der Waals surface area contributed by atoms with Crippen LogP contribution in [0.5, 0.6) is 0 Å². The van der Waals surface area contributed by atoms with Gasteiger partial charge in [0, 0.05) is 11.0 Å². The Hall–Kier alpha value is -0.960. The number of amides is 1. The summed E-state index contributed by atoms with van der Waals surface area (Å²) in [5.41, 5.74) is 1.47. The lowest BCUT2D eigenvalue weighted by molar-refractivity contribution is -0.129. The van der Waals surface area contributed by atoms with Gasteiger partial charge in [0.15, 0.2) is 0 Å². The normalized spacial score (nSPS) is 11.6. The van der Waals surface area contributed by atoms with Crippen LogP contribution in [0.15, 0.2) is 33.6 Å². The Balaban J connectivity index is 2.98. The molecule has 0 atom stereocenters. The van der Waals surface area contributed by atoms with Crippen LogP contribution in [0.1, 0.15) is 26.2 Å². The number of nitrogens with one attached hydrogen (secondary N) is 1. The fourth-order valence-corrected chi connectivity index (χ4v) is 3.47. The van der Waals surface area contributed by atoms with Crippen LogP contribution >= 0.6 is 15.9 Å². The summed E-state index contributed by atoms with van der Waals surface area (Å²) < 4.78 is 26.9. The predicted octanol–water partition coefficient (Wildman–Crippen LogP) is 2.14. The highest BCUT2D eigenvalue weighted by Gasteiger charge is 2.26. The second kappa shape index (κ2) is 8.47. The molecule has 0 saturated heterocycles. The maximum Gasteiger partial charge on any atom is 0.258 e. The second-order valence-corrected chi connectivity index (χ2v) is 7.39. The van der Waals surface area contributed by atoms with Crippen molar-refractivity contribution in [3.05, 3.63) is 28.7 Å². The van der Waals surface area contributed by atoms with E-state index in [2.05, 4.69) is 15.9 Å². The largest absolute Gasteiger partial charge is 0.289 e. The number of hydrogen-bond acceptors (Lipinski definition) is 4. The molecule has 0 spiro atoms. The van der Waals surface area contributed by atoms with Crippen molar-refractivity contribution in [1.29, 1.82) is 0 Å². The Labute approximate surface area is 133 Å². The maximum atomic E-state index is 12.5. The minimum Gasteiger partial charge on any atom is -0.289 e. The average Bonchev–Trinajstić information content (AvgIpc) is 2.46. The monoisotopic (exact) mass is 378 g/mol. The zero-order valence-electron chi connectivity index (χ0n) is 11.8. The molecule has 1 amide bonds. The van der Waals surface area contributed by atoms with Gasteiger partial charge in [0.2, 0.25) is 10.0 Å². The van der Waals surface area contributed by atoms with E-state index < -0.39 is 22.5 Å². The van der Waals surface area contributed by atoms with E-state index in [9.17, 15) is 13.2 Å². The van der Waals surface area contributed by atoms with Gasteiger partial charge in [-0.1, -0.05) is 35.7 Å². The number of halogens is 1. The molecule has 1 aromatic carbocycles. The fraction of sp³-hybridized carbons (Fsp3) is 0.462. The van der Waals surface area contributed by atoms with Crippen LogP contribution < -0.4 is 5.48 Å². The Bertz CT molecular complexity index is 560. The number of benzene rings is 1. The van der Waals surface area contributed by atoms with E-state index in [1.54, 1.807) is 12.1 Å². The van der Waals surface area contributed by atoms with E-state index in [-0.39, 0.29) is 11.4 Å². The van der Waals surface area contributed by atoms with Gasteiger partial charge in [-0.05, 0) is 30.7 Å². The quantitative estimate of drug-likeness (QED) is 0.412. The highest BCUT2D eigenvalue weighted by Crippen LogP contribution is 2.19. The summed E-state index contributed by atoms with van der Waals surface area (Å²) in [6.07, 6.45) is 2.47. The molecular formula is C13H19BrN2O4S. The first-order valence-corrected chi connectivity index (χ1v) is 8.83. The van der Waals surface area contributed by atoms with Gasteiger partial charge >= 0.3 is 0 Å². The number of carbonyl (C=O) groups excluding carboxylic acids is 1. The molecule has 1 rings (SSSR count). The lowest BCUT2D eigenvalue weighted by atomic mass is 10.2. The summed E-state index contributed by atoms with van der Waals surface area (Å²) in [6.45, 7) is 1.84. The SMILES string of the molecule is CCCCCN(CC(=O)NO)S(=O)(=O)c1ccc(Br)cc1. The molecule has 0 bridgehead atoms. The van der Waals surface area contributed by atoms with E-state index in [4.69, 9.17) is 5.21 Å². The zero-order chi connectivity index (χ0) is 15.9. The van der Waals surface area contributed by atoms with Crippen LogP contribution in [-0.4, -0.2) is 36.9 Å². The number of carbonyl (C=O) groups is 1. The molecule has 0 radical (unpaired) electrons. The summed E-state index contributed by atoms with van der Waals surface area (Å²) in [6, 6.07) is 6.21. The van der Waals surface area contributed by atoms with E-state index >= 15 is 0 Å². The lowest BCUT2D eigenvalue weighted by Crippen LogP contribution is -2.40. The topological polar surface area (TPSA) is 86.7 Å². The number of sulfonamides is 1. The van der Waals surface area contributed by atoms with Crippen LogP contribution in [0, 0.1) is 0 Å². The van der Waals surface area contributed by atoms with Crippen LogP contribution in [-0.2, 0) is 14.8 Å². The van der Waals surface area contributed by atoms with E-state index in [0.717, 1.165) is 21.6 Å². The van der Waals surface area contributed by atoms with Crippen LogP contribution in [0.25, 0.3) is 0 Å². The molecule has 2 N–H and O–H groups in total. The number of hydrogen-bond donors (Lipinski definition) is 2. The molecule has 1 aromatic rings. The Kier molecular flexibility index (Phi) is 7.30. The fourth-order valence-electron chi connectivity index (χ4n) is 1.77. The lowest BCUT2D eigenvalue weighted by Gasteiger charge is -2.21. The van der Waals surface area contributed by atoms with Crippen LogP contribution in [0.4, 0.5) is 0 Å². The third-order valence-corrected chi connectivity index (χ3v) is 5.30. The van der Waals surface area contributed by atoms with Crippen LogP contribution in [0.3, 0.4) is 0 Å². The highest BCUT2D eigenvalue weighted by molar-refractivity contribution is 9.10. The van der Waals surface area contributed by atoms with Gasteiger partial charge in [0.25, 0.3) is 5.91 Å². The molecule has 0 aliphatic carbocycles. The Morgan fingerprint density at radius 3 is 2.43 bits per heavy atom. The standard InChI is InChI=1S/C13H19BrN2O4S/c1-2-3-4-9-16(10-13(17)15-18)21(19,20)12-7-5-11(14)6-8-12/h5-8,18H,2-4,9-10H2,1H3,(H,15,17). The third-order valence-electron chi connectivity index (χ3n) is 2.91. The van der Waals surface area contributed by atoms with Gasteiger partial charge in [-0.25, -0.2) is 13.9 Å². The summed E-state index contributed by atoms with van der Waals surface area (Å²) in [5, 5.41) is 8.60. The number of nitrogens with zero attached hydrogens (tertiary/aromatic N) is 1. The second-order valence-electron chi connectivity index (χ2n) is 4.53. The minimum atomic E-state index is -3.76. The van der Waals surface area contributed by atoms with Gasteiger partial charge in [0.1, 0.15) is 0 Å². The molecule has 0 aromatic heterocycles. The molecule has 0 aliphatic heterocycles. The van der Waals surface area contributed by atoms with Gasteiger partial charge in [0.05, 0.1) is 11.4 Å². The molecule has 0 heterocycles. The summed E-state index contributed by atoms with van der Waals surface area (Å²) in [5.74, 6) is -0.757. The van der Waals surface area contributed by atoms with Crippen LogP contribution in [0.2, 0.25) is 0 Å². The van der Waals surface area contributed by atoms with Crippen molar-refractivity contribution in [1.82, 2.24) is 9.79 Å². The first-order valence-electron chi connectivity index (χ1n) is 6.60. The van der Waals surface area contributed by atoms with Crippen molar-refractivity contribution in [2.75, 3.05) is 13.1 Å². The molecule has 0 unspecified atom stereocenters. The summed E-state index contributed by atoms with van der Waals surface area (Å²) in [4.78, 5) is 11.4. The van der Waals surface area contributed by atoms with E-state index in [1.807, 2.05) is 6.92 Å². The van der Waals surface area contributed by atoms with Crippen molar-refractivity contribution < 1.29 is 18.4 Å². The van der Waals surface area contributed by atoms with E-state index in [1.165, 1.54) is 17.6 Å².